The van der Waals surface area contributed by atoms with Gasteiger partial charge in [0, 0.05) is 19.2 Å². The molecule has 0 radical (unpaired) electrons. The Morgan fingerprint density at radius 2 is 2.00 bits per heavy atom. The molecule has 3 heteroatoms. The molecule has 0 aliphatic heterocycles. The fourth-order valence-electron chi connectivity index (χ4n) is 1.23. The molecule has 0 aliphatic rings. The lowest BCUT2D eigenvalue weighted by Gasteiger charge is -2.05. The number of unbranched alkanes of at least 4 members (excludes halogenated alkanes) is 1. The van der Waals surface area contributed by atoms with E-state index in [1.807, 2.05) is 30.3 Å². The van der Waals surface area contributed by atoms with Crippen LogP contribution in [-0.2, 0) is 9.53 Å². The molecule has 1 N–H and O–H groups in total. The highest BCUT2D eigenvalue weighted by molar-refractivity contribution is 5.65. The van der Waals surface area contributed by atoms with Crippen LogP contribution in [0.4, 0.5) is 5.69 Å². The second kappa shape index (κ2) is 6.87. The molecule has 1 aromatic carbocycles. The van der Waals surface area contributed by atoms with Crippen LogP contribution in [0.1, 0.15) is 19.8 Å². The number of para-hydroxylation sites is 1. The van der Waals surface area contributed by atoms with Gasteiger partial charge in [-0.2, -0.15) is 0 Å². The molecular weight excluding hydrogens is 190 g/mol. The Kier molecular flexibility index (Phi) is 5.30. The van der Waals surface area contributed by atoms with Gasteiger partial charge in [-0.3, -0.25) is 4.79 Å². The summed E-state index contributed by atoms with van der Waals surface area (Å²) < 4.78 is 4.83. The van der Waals surface area contributed by atoms with Crippen LogP contribution in [0.25, 0.3) is 0 Å². The van der Waals surface area contributed by atoms with Gasteiger partial charge in [-0.15, -0.1) is 0 Å². The molecule has 0 saturated carbocycles. The molecule has 82 valence electrons. The Bertz CT molecular complexity index is 285. The largest absolute Gasteiger partial charge is 0.466 e. The Morgan fingerprint density at radius 1 is 1.27 bits per heavy atom. The number of benzene rings is 1. The molecule has 0 bridgehead atoms. The fourth-order valence-corrected chi connectivity index (χ4v) is 1.23. The van der Waals surface area contributed by atoms with Crippen LogP contribution in [0, 0.1) is 0 Å². The minimum Gasteiger partial charge on any atom is -0.466 e. The highest BCUT2D eigenvalue weighted by Crippen LogP contribution is 2.04. The van der Waals surface area contributed by atoms with Gasteiger partial charge >= 0.3 is 5.97 Å². The number of anilines is 1. The summed E-state index contributed by atoms with van der Waals surface area (Å²) in [7, 11) is 0. The van der Waals surface area contributed by atoms with E-state index in [1.54, 1.807) is 0 Å². The van der Waals surface area contributed by atoms with E-state index in [4.69, 9.17) is 4.74 Å². The molecule has 0 atom stereocenters. The van der Waals surface area contributed by atoms with Crippen molar-refractivity contribution in [2.75, 3.05) is 18.5 Å². The maximum atomic E-state index is 10.5. The Balaban J connectivity index is 2.00. The average Bonchev–Trinajstić information content (AvgIpc) is 2.24. The summed E-state index contributed by atoms with van der Waals surface area (Å²) in [4.78, 5) is 10.5. The average molecular weight is 207 g/mol. The standard InChI is InChI=1S/C12H17NO2/c1-11(14)15-10-6-5-9-13-12-7-3-2-4-8-12/h2-4,7-8,13H,5-6,9-10H2,1H3. The normalized spacial score (nSPS) is 9.67. The molecule has 0 amide bonds. The van der Waals surface area contributed by atoms with Crippen molar-refractivity contribution < 1.29 is 9.53 Å². The smallest absolute Gasteiger partial charge is 0.302 e. The van der Waals surface area contributed by atoms with E-state index in [0.717, 1.165) is 25.1 Å². The van der Waals surface area contributed by atoms with Crippen LogP contribution in [0.3, 0.4) is 0 Å². The number of rotatable bonds is 6. The number of hydrogen-bond donors (Lipinski definition) is 1. The first kappa shape index (κ1) is 11.6. The van der Waals surface area contributed by atoms with Crippen molar-refractivity contribution in [2.24, 2.45) is 0 Å². The zero-order valence-corrected chi connectivity index (χ0v) is 9.03. The minimum atomic E-state index is -0.203. The molecule has 0 fully saturated rings. The topological polar surface area (TPSA) is 38.3 Å². The molecule has 1 rings (SSSR count). The van der Waals surface area contributed by atoms with Gasteiger partial charge in [-0.1, -0.05) is 18.2 Å². The first-order valence-electron chi connectivity index (χ1n) is 5.21. The van der Waals surface area contributed by atoms with E-state index < -0.39 is 0 Å². The number of carbonyl (C=O) groups is 1. The van der Waals surface area contributed by atoms with Crippen molar-refractivity contribution in [3.05, 3.63) is 30.3 Å². The fraction of sp³-hybridized carbons (Fsp3) is 0.417. The van der Waals surface area contributed by atoms with E-state index in [2.05, 4.69) is 5.32 Å². The zero-order valence-electron chi connectivity index (χ0n) is 9.03. The maximum absolute atomic E-state index is 10.5. The van der Waals surface area contributed by atoms with Crippen LogP contribution < -0.4 is 5.32 Å². The van der Waals surface area contributed by atoms with Crippen molar-refractivity contribution in [2.45, 2.75) is 19.8 Å². The second-order valence-corrected chi connectivity index (χ2v) is 3.34. The first-order valence-corrected chi connectivity index (χ1v) is 5.21. The molecule has 15 heavy (non-hydrogen) atoms. The summed E-state index contributed by atoms with van der Waals surface area (Å²) in [6.07, 6.45) is 1.90. The predicted octanol–water partition coefficient (Wildman–Crippen LogP) is 2.44. The number of nitrogens with one attached hydrogen (secondary N) is 1. The third-order valence-corrected chi connectivity index (χ3v) is 1.98. The van der Waals surface area contributed by atoms with Crippen molar-refractivity contribution in [1.82, 2.24) is 0 Å². The van der Waals surface area contributed by atoms with Crippen LogP contribution in [0.5, 0.6) is 0 Å². The van der Waals surface area contributed by atoms with Crippen molar-refractivity contribution >= 4 is 11.7 Å². The lowest BCUT2D eigenvalue weighted by Crippen LogP contribution is -2.05. The monoisotopic (exact) mass is 207 g/mol. The number of ether oxygens (including phenoxy) is 1. The third-order valence-electron chi connectivity index (χ3n) is 1.98. The molecular formula is C12H17NO2. The van der Waals surface area contributed by atoms with Crippen molar-refractivity contribution in [1.29, 1.82) is 0 Å². The molecule has 0 saturated heterocycles. The van der Waals surface area contributed by atoms with Crippen molar-refractivity contribution in [3.63, 3.8) is 0 Å². The van der Waals surface area contributed by atoms with E-state index in [1.165, 1.54) is 6.92 Å². The number of esters is 1. The first-order chi connectivity index (χ1) is 7.29. The van der Waals surface area contributed by atoms with Gasteiger partial charge in [0.2, 0.25) is 0 Å². The third kappa shape index (κ3) is 5.73. The Hall–Kier alpha value is -1.51. The quantitative estimate of drug-likeness (QED) is 0.575. The van der Waals surface area contributed by atoms with Gasteiger partial charge < -0.3 is 10.1 Å². The van der Waals surface area contributed by atoms with Gasteiger partial charge in [0.15, 0.2) is 0 Å². The van der Waals surface area contributed by atoms with Crippen LogP contribution in [0.2, 0.25) is 0 Å². The molecule has 3 nitrogen and oxygen atoms in total. The predicted molar refractivity (Wildman–Crippen MR) is 60.8 cm³/mol. The summed E-state index contributed by atoms with van der Waals surface area (Å²) in [5.74, 6) is -0.203. The Labute approximate surface area is 90.4 Å². The van der Waals surface area contributed by atoms with E-state index in [0.29, 0.717) is 6.61 Å². The number of hydrogen-bond acceptors (Lipinski definition) is 3. The van der Waals surface area contributed by atoms with Crippen molar-refractivity contribution in [3.8, 4) is 0 Å². The van der Waals surface area contributed by atoms with Gasteiger partial charge in [-0.05, 0) is 25.0 Å². The van der Waals surface area contributed by atoms with Gasteiger partial charge in [-0.25, -0.2) is 0 Å². The lowest BCUT2D eigenvalue weighted by molar-refractivity contribution is -0.141. The highest BCUT2D eigenvalue weighted by atomic mass is 16.5. The van der Waals surface area contributed by atoms with E-state index in [-0.39, 0.29) is 5.97 Å². The Morgan fingerprint density at radius 3 is 2.67 bits per heavy atom. The summed E-state index contributed by atoms with van der Waals surface area (Å²) in [6.45, 7) is 2.86. The summed E-state index contributed by atoms with van der Waals surface area (Å²) in [6, 6.07) is 10.1. The number of carbonyl (C=O) groups excluding carboxylic acids is 1. The molecule has 0 heterocycles. The molecule has 0 spiro atoms. The minimum absolute atomic E-state index is 0.203. The van der Waals surface area contributed by atoms with Crippen LogP contribution >= 0.6 is 0 Å². The van der Waals surface area contributed by atoms with Gasteiger partial charge in [0.1, 0.15) is 0 Å². The zero-order chi connectivity index (χ0) is 10.9. The SMILES string of the molecule is CC(=O)OCCCCNc1ccccc1. The maximum Gasteiger partial charge on any atom is 0.302 e. The van der Waals surface area contributed by atoms with E-state index in [9.17, 15) is 4.79 Å². The highest BCUT2D eigenvalue weighted by Gasteiger charge is 1.93. The lowest BCUT2D eigenvalue weighted by atomic mass is 10.3. The molecule has 1 aromatic rings. The summed E-state index contributed by atoms with van der Waals surface area (Å²) in [5.41, 5.74) is 1.13. The van der Waals surface area contributed by atoms with Crippen LogP contribution in [-0.4, -0.2) is 19.1 Å². The van der Waals surface area contributed by atoms with E-state index >= 15 is 0 Å². The van der Waals surface area contributed by atoms with Gasteiger partial charge in [0.25, 0.3) is 0 Å². The second-order valence-electron chi connectivity index (χ2n) is 3.34. The summed E-state index contributed by atoms with van der Waals surface area (Å²) in [5, 5.41) is 3.29. The van der Waals surface area contributed by atoms with Crippen LogP contribution in [0.15, 0.2) is 30.3 Å². The van der Waals surface area contributed by atoms with Gasteiger partial charge in [0.05, 0.1) is 6.61 Å². The molecule has 0 aromatic heterocycles. The summed E-state index contributed by atoms with van der Waals surface area (Å²) >= 11 is 0. The molecule has 0 aliphatic carbocycles. The molecule has 0 unspecified atom stereocenters.